The fourth-order valence-electron chi connectivity index (χ4n) is 1.30. The van der Waals surface area contributed by atoms with Gasteiger partial charge in [0, 0.05) is 16.7 Å². The number of hydrogen-bond donors (Lipinski definition) is 0. The van der Waals surface area contributed by atoms with Crippen molar-refractivity contribution in [2.75, 3.05) is 0 Å². The second-order valence-corrected chi connectivity index (χ2v) is 4.37. The molecule has 0 atom stereocenters. The third-order valence-corrected chi connectivity index (χ3v) is 2.83. The summed E-state index contributed by atoms with van der Waals surface area (Å²) in [6, 6.07) is 9.11. The first-order chi connectivity index (χ1) is 7.70. The molecule has 1 aromatic heterocycles. The SMILES string of the molecule is O=c1ccn(-c2cccc(Br)c2)nc1CCl. The van der Waals surface area contributed by atoms with Gasteiger partial charge in [-0.1, -0.05) is 22.0 Å². The molecule has 1 aromatic carbocycles. The Labute approximate surface area is 106 Å². The number of benzene rings is 1. The summed E-state index contributed by atoms with van der Waals surface area (Å²) in [4.78, 5) is 11.3. The molecule has 0 aliphatic carbocycles. The minimum atomic E-state index is -0.138. The van der Waals surface area contributed by atoms with E-state index in [0.717, 1.165) is 10.2 Å². The molecule has 0 radical (unpaired) electrons. The zero-order chi connectivity index (χ0) is 11.5. The van der Waals surface area contributed by atoms with Crippen LogP contribution in [0.2, 0.25) is 0 Å². The fourth-order valence-corrected chi connectivity index (χ4v) is 1.87. The van der Waals surface area contributed by atoms with E-state index in [1.54, 1.807) is 10.9 Å². The summed E-state index contributed by atoms with van der Waals surface area (Å²) in [5.74, 6) is 0.119. The maximum absolute atomic E-state index is 11.3. The number of aromatic nitrogens is 2. The minimum absolute atomic E-state index is 0.119. The second-order valence-electron chi connectivity index (χ2n) is 3.18. The number of hydrogen-bond acceptors (Lipinski definition) is 2. The van der Waals surface area contributed by atoms with Crippen molar-refractivity contribution >= 4 is 27.5 Å². The zero-order valence-corrected chi connectivity index (χ0v) is 10.6. The van der Waals surface area contributed by atoms with Crippen LogP contribution in [-0.2, 0) is 5.88 Å². The molecule has 3 nitrogen and oxygen atoms in total. The van der Waals surface area contributed by atoms with Gasteiger partial charge >= 0.3 is 0 Å². The van der Waals surface area contributed by atoms with Gasteiger partial charge in [0.1, 0.15) is 5.69 Å². The summed E-state index contributed by atoms with van der Waals surface area (Å²) < 4.78 is 2.59. The maximum Gasteiger partial charge on any atom is 0.204 e. The predicted octanol–water partition coefficient (Wildman–Crippen LogP) is 2.73. The molecule has 0 aliphatic heterocycles. The molecule has 0 N–H and O–H groups in total. The van der Waals surface area contributed by atoms with Crippen LogP contribution >= 0.6 is 27.5 Å². The van der Waals surface area contributed by atoms with Crippen molar-refractivity contribution in [3.8, 4) is 5.69 Å². The Hall–Kier alpha value is -1.13. The third kappa shape index (κ3) is 2.33. The van der Waals surface area contributed by atoms with Crippen LogP contribution in [0.1, 0.15) is 5.69 Å². The molecule has 0 unspecified atom stereocenters. The van der Waals surface area contributed by atoms with E-state index in [-0.39, 0.29) is 11.3 Å². The molecule has 0 bridgehead atoms. The van der Waals surface area contributed by atoms with E-state index in [1.165, 1.54) is 6.07 Å². The molecule has 0 aliphatic rings. The highest BCUT2D eigenvalue weighted by molar-refractivity contribution is 9.10. The van der Waals surface area contributed by atoms with Crippen LogP contribution in [-0.4, -0.2) is 9.78 Å². The molecular weight excluding hydrogens is 291 g/mol. The minimum Gasteiger partial charge on any atom is -0.288 e. The number of nitrogens with zero attached hydrogens (tertiary/aromatic N) is 2. The molecule has 5 heteroatoms. The van der Waals surface area contributed by atoms with Crippen molar-refractivity contribution in [1.29, 1.82) is 0 Å². The number of halogens is 2. The van der Waals surface area contributed by atoms with Crippen LogP contribution in [0.5, 0.6) is 0 Å². The van der Waals surface area contributed by atoms with Crippen molar-refractivity contribution in [2.45, 2.75) is 5.88 Å². The molecule has 0 amide bonds. The Bertz CT molecular complexity index is 568. The number of rotatable bonds is 2. The van der Waals surface area contributed by atoms with Crippen LogP contribution in [0.3, 0.4) is 0 Å². The molecule has 0 saturated carbocycles. The first-order valence-corrected chi connectivity index (χ1v) is 5.94. The van der Waals surface area contributed by atoms with Gasteiger partial charge in [-0.2, -0.15) is 5.10 Å². The number of alkyl halides is 1. The average molecular weight is 300 g/mol. The fraction of sp³-hybridized carbons (Fsp3) is 0.0909. The van der Waals surface area contributed by atoms with E-state index in [0.29, 0.717) is 5.69 Å². The van der Waals surface area contributed by atoms with Gasteiger partial charge in [-0.05, 0) is 18.2 Å². The molecule has 0 fully saturated rings. The Morgan fingerprint density at radius 2 is 2.19 bits per heavy atom. The molecule has 82 valence electrons. The molecule has 0 spiro atoms. The lowest BCUT2D eigenvalue weighted by Crippen LogP contribution is -2.14. The highest BCUT2D eigenvalue weighted by atomic mass is 79.9. The van der Waals surface area contributed by atoms with Gasteiger partial charge in [0.25, 0.3) is 0 Å². The van der Waals surface area contributed by atoms with Crippen molar-refractivity contribution in [3.63, 3.8) is 0 Å². The van der Waals surface area contributed by atoms with Crippen molar-refractivity contribution in [2.24, 2.45) is 0 Å². The quantitative estimate of drug-likeness (QED) is 0.799. The van der Waals surface area contributed by atoms with Crippen LogP contribution in [0.4, 0.5) is 0 Å². The van der Waals surface area contributed by atoms with E-state index in [9.17, 15) is 4.79 Å². The molecular formula is C11H8BrClN2O. The summed E-state index contributed by atoms with van der Waals surface area (Å²) in [5, 5.41) is 4.15. The van der Waals surface area contributed by atoms with Crippen LogP contribution in [0.25, 0.3) is 5.69 Å². The van der Waals surface area contributed by atoms with Gasteiger partial charge in [0.05, 0.1) is 11.6 Å². The molecule has 0 saturated heterocycles. The normalized spacial score (nSPS) is 10.4. The molecule has 16 heavy (non-hydrogen) atoms. The lowest BCUT2D eigenvalue weighted by Gasteiger charge is -2.06. The lowest BCUT2D eigenvalue weighted by molar-refractivity contribution is 0.804. The summed E-state index contributed by atoms with van der Waals surface area (Å²) in [6.45, 7) is 0. The monoisotopic (exact) mass is 298 g/mol. The molecule has 2 aromatic rings. The van der Waals surface area contributed by atoms with Crippen molar-refractivity contribution in [3.05, 3.63) is 56.9 Å². The van der Waals surface area contributed by atoms with Gasteiger partial charge in [-0.25, -0.2) is 4.68 Å². The highest BCUT2D eigenvalue weighted by Gasteiger charge is 2.02. The van der Waals surface area contributed by atoms with Gasteiger partial charge in [0.2, 0.25) is 5.43 Å². The summed E-state index contributed by atoms with van der Waals surface area (Å²) in [6.07, 6.45) is 1.63. The first-order valence-electron chi connectivity index (χ1n) is 4.61. The zero-order valence-electron chi connectivity index (χ0n) is 8.23. The van der Waals surface area contributed by atoms with Gasteiger partial charge in [0.15, 0.2) is 0 Å². The van der Waals surface area contributed by atoms with E-state index in [1.807, 2.05) is 24.3 Å². The van der Waals surface area contributed by atoms with E-state index in [2.05, 4.69) is 21.0 Å². The topological polar surface area (TPSA) is 34.9 Å². The maximum atomic E-state index is 11.3. The van der Waals surface area contributed by atoms with Gasteiger partial charge in [-0.15, -0.1) is 11.6 Å². The molecule has 1 heterocycles. The Balaban J connectivity index is 2.52. The second kappa shape index (κ2) is 4.80. The highest BCUT2D eigenvalue weighted by Crippen LogP contribution is 2.14. The Morgan fingerprint density at radius 1 is 1.38 bits per heavy atom. The Morgan fingerprint density at radius 3 is 2.88 bits per heavy atom. The van der Waals surface area contributed by atoms with E-state index in [4.69, 9.17) is 11.6 Å². The van der Waals surface area contributed by atoms with Gasteiger partial charge < -0.3 is 0 Å². The van der Waals surface area contributed by atoms with Crippen LogP contribution < -0.4 is 5.43 Å². The summed E-state index contributed by atoms with van der Waals surface area (Å²) in [5.41, 5.74) is 1.09. The van der Waals surface area contributed by atoms with Crippen LogP contribution in [0.15, 0.2) is 45.8 Å². The standard InChI is InChI=1S/C11H8BrClN2O/c12-8-2-1-3-9(6-8)15-5-4-11(16)10(7-13)14-15/h1-6H,7H2. The smallest absolute Gasteiger partial charge is 0.204 e. The third-order valence-electron chi connectivity index (χ3n) is 2.08. The van der Waals surface area contributed by atoms with Crippen LogP contribution in [0, 0.1) is 0 Å². The summed E-state index contributed by atoms with van der Waals surface area (Å²) >= 11 is 9.02. The van der Waals surface area contributed by atoms with Crippen molar-refractivity contribution in [1.82, 2.24) is 9.78 Å². The van der Waals surface area contributed by atoms with Crippen molar-refractivity contribution < 1.29 is 0 Å². The largest absolute Gasteiger partial charge is 0.288 e. The predicted molar refractivity (Wildman–Crippen MR) is 67.1 cm³/mol. The van der Waals surface area contributed by atoms with E-state index >= 15 is 0 Å². The molecule has 2 rings (SSSR count). The first kappa shape index (κ1) is 11.4. The van der Waals surface area contributed by atoms with Gasteiger partial charge in [-0.3, -0.25) is 4.79 Å². The Kier molecular flexibility index (Phi) is 3.41. The van der Waals surface area contributed by atoms with E-state index < -0.39 is 0 Å². The lowest BCUT2D eigenvalue weighted by atomic mass is 10.3. The summed E-state index contributed by atoms with van der Waals surface area (Å²) in [7, 11) is 0. The average Bonchev–Trinajstić information content (AvgIpc) is 2.29.